The monoisotopic (exact) mass is 258 g/mol. The maximum absolute atomic E-state index is 6.01. The molecule has 1 aromatic heterocycles. The fourth-order valence-corrected chi connectivity index (χ4v) is 1.70. The Morgan fingerprint density at radius 3 is 2.81 bits per heavy atom. The van der Waals surface area contributed by atoms with Crippen LogP contribution in [0.15, 0.2) is 22.7 Å². The van der Waals surface area contributed by atoms with Crippen LogP contribution in [-0.2, 0) is 6.42 Å². The molecule has 1 aromatic carbocycles. The number of nitrogens with zero attached hydrogens (tertiary/aromatic N) is 2. The third kappa shape index (κ3) is 2.44. The number of nitrogen functional groups attached to an aromatic ring is 1. The molecule has 0 aliphatic rings. The van der Waals surface area contributed by atoms with E-state index in [-0.39, 0.29) is 6.01 Å². The number of hydrogen-bond donors (Lipinski definition) is 2. The van der Waals surface area contributed by atoms with Crippen molar-refractivity contribution in [2.45, 2.75) is 6.42 Å². The molecule has 0 aliphatic carbocycles. The van der Waals surface area contributed by atoms with Crippen molar-refractivity contribution in [2.75, 3.05) is 5.43 Å². The summed E-state index contributed by atoms with van der Waals surface area (Å²) < 4.78 is 4.78. The molecule has 16 heavy (non-hydrogen) atoms. The molecule has 0 fully saturated rings. The van der Waals surface area contributed by atoms with Crippen molar-refractivity contribution in [2.24, 2.45) is 5.84 Å². The van der Waals surface area contributed by atoms with Crippen LogP contribution in [-0.4, -0.2) is 10.1 Å². The number of nitrogens with one attached hydrogen (secondary N) is 1. The summed E-state index contributed by atoms with van der Waals surface area (Å²) in [7, 11) is 0. The van der Waals surface area contributed by atoms with Gasteiger partial charge in [0.25, 0.3) is 0 Å². The minimum atomic E-state index is 0.167. The predicted octanol–water partition coefficient (Wildman–Crippen LogP) is 2.25. The molecule has 2 rings (SSSR count). The fourth-order valence-electron chi connectivity index (χ4n) is 1.22. The average molecular weight is 259 g/mol. The zero-order chi connectivity index (χ0) is 11.5. The number of nitrogens with two attached hydrogens (primary N) is 1. The summed E-state index contributed by atoms with van der Waals surface area (Å²) in [6.45, 7) is 0. The maximum atomic E-state index is 6.01. The molecule has 0 aliphatic heterocycles. The minimum Gasteiger partial charge on any atom is -0.314 e. The quantitative estimate of drug-likeness (QED) is 0.653. The lowest BCUT2D eigenvalue weighted by Gasteiger charge is -2.00. The van der Waals surface area contributed by atoms with E-state index < -0.39 is 0 Å². The van der Waals surface area contributed by atoms with Crippen LogP contribution < -0.4 is 11.3 Å². The second kappa shape index (κ2) is 4.69. The number of aromatic nitrogens is 2. The molecule has 7 heteroatoms. The second-order valence-corrected chi connectivity index (χ2v) is 3.92. The molecular formula is C9H8Cl2N4O. The van der Waals surface area contributed by atoms with Gasteiger partial charge in [0, 0.05) is 16.5 Å². The lowest BCUT2D eigenvalue weighted by molar-refractivity contribution is 0.424. The number of hydrazine groups is 1. The van der Waals surface area contributed by atoms with E-state index in [0.717, 1.165) is 5.56 Å². The Bertz CT molecular complexity index is 500. The Labute approximate surface area is 102 Å². The van der Waals surface area contributed by atoms with Crippen LogP contribution in [0.1, 0.15) is 11.4 Å². The van der Waals surface area contributed by atoms with E-state index in [9.17, 15) is 0 Å². The number of anilines is 1. The number of rotatable bonds is 3. The maximum Gasteiger partial charge on any atom is 0.335 e. The molecule has 0 unspecified atom stereocenters. The zero-order valence-electron chi connectivity index (χ0n) is 8.08. The summed E-state index contributed by atoms with van der Waals surface area (Å²) in [4.78, 5) is 3.98. The lowest BCUT2D eigenvalue weighted by atomic mass is 10.1. The molecule has 5 nitrogen and oxygen atoms in total. The summed E-state index contributed by atoms with van der Waals surface area (Å²) in [5, 5.41) is 4.88. The number of benzene rings is 1. The first kappa shape index (κ1) is 11.2. The van der Waals surface area contributed by atoms with Crippen LogP contribution in [0.3, 0.4) is 0 Å². The summed E-state index contributed by atoms with van der Waals surface area (Å²) >= 11 is 11.8. The van der Waals surface area contributed by atoms with Gasteiger partial charge in [0.15, 0.2) is 5.82 Å². The van der Waals surface area contributed by atoms with Gasteiger partial charge in [0.1, 0.15) is 0 Å². The van der Waals surface area contributed by atoms with Crippen LogP contribution in [0.2, 0.25) is 10.0 Å². The van der Waals surface area contributed by atoms with Crippen molar-refractivity contribution in [3.05, 3.63) is 39.6 Å². The standard InChI is InChI=1S/C9H8Cl2N4O/c10-6-2-1-5(7(11)4-6)3-8-13-9(14-12)16-15-8/h1-2,4H,3,12H2,(H,13,14,15). The summed E-state index contributed by atoms with van der Waals surface area (Å²) in [6, 6.07) is 5.40. The third-order valence-electron chi connectivity index (χ3n) is 1.96. The van der Waals surface area contributed by atoms with Crippen molar-refractivity contribution in [1.82, 2.24) is 10.1 Å². The van der Waals surface area contributed by atoms with E-state index in [1.807, 2.05) is 6.07 Å². The number of hydrogen-bond acceptors (Lipinski definition) is 5. The molecule has 1 heterocycles. The molecule has 0 saturated heterocycles. The molecule has 0 spiro atoms. The molecule has 0 atom stereocenters. The van der Waals surface area contributed by atoms with E-state index in [0.29, 0.717) is 22.3 Å². The van der Waals surface area contributed by atoms with E-state index in [4.69, 9.17) is 33.6 Å². The van der Waals surface area contributed by atoms with E-state index in [1.165, 1.54) is 0 Å². The van der Waals surface area contributed by atoms with E-state index in [2.05, 4.69) is 15.6 Å². The van der Waals surface area contributed by atoms with Crippen LogP contribution in [0.5, 0.6) is 0 Å². The average Bonchev–Trinajstić information content (AvgIpc) is 2.70. The van der Waals surface area contributed by atoms with Gasteiger partial charge in [0.05, 0.1) is 0 Å². The Morgan fingerprint density at radius 1 is 1.38 bits per heavy atom. The Balaban J connectivity index is 2.20. The lowest BCUT2D eigenvalue weighted by Crippen LogP contribution is -2.06. The Kier molecular flexibility index (Phi) is 3.28. The Morgan fingerprint density at radius 2 is 2.19 bits per heavy atom. The van der Waals surface area contributed by atoms with Crippen molar-refractivity contribution in [1.29, 1.82) is 0 Å². The second-order valence-electron chi connectivity index (χ2n) is 3.07. The van der Waals surface area contributed by atoms with E-state index >= 15 is 0 Å². The minimum absolute atomic E-state index is 0.167. The molecule has 0 amide bonds. The van der Waals surface area contributed by atoms with Crippen LogP contribution in [0.25, 0.3) is 0 Å². The van der Waals surface area contributed by atoms with Crippen molar-refractivity contribution in [3.8, 4) is 0 Å². The van der Waals surface area contributed by atoms with Gasteiger partial charge in [0.2, 0.25) is 0 Å². The third-order valence-corrected chi connectivity index (χ3v) is 2.54. The highest BCUT2D eigenvalue weighted by Gasteiger charge is 2.08. The topological polar surface area (TPSA) is 77.0 Å². The van der Waals surface area contributed by atoms with Crippen LogP contribution >= 0.6 is 23.2 Å². The van der Waals surface area contributed by atoms with E-state index in [1.54, 1.807) is 12.1 Å². The van der Waals surface area contributed by atoms with Gasteiger partial charge < -0.3 is 4.52 Å². The summed E-state index contributed by atoms with van der Waals surface area (Å²) in [6.07, 6.45) is 0.460. The highest BCUT2D eigenvalue weighted by atomic mass is 35.5. The largest absolute Gasteiger partial charge is 0.335 e. The van der Waals surface area contributed by atoms with Gasteiger partial charge in [-0.3, -0.25) is 5.43 Å². The predicted molar refractivity (Wildman–Crippen MR) is 61.4 cm³/mol. The van der Waals surface area contributed by atoms with Gasteiger partial charge in [-0.25, -0.2) is 5.84 Å². The first-order valence-corrected chi connectivity index (χ1v) is 5.18. The van der Waals surface area contributed by atoms with Crippen LogP contribution in [0.4, 0.5) is 6.01 Å². The highest BCUT2D eigenvalue weighted by Crippen LogP contribution is 2.22. The summed E-state index contributed by atoms with van der Waals surface area (Å²) in [5.74, 6) is 5.61. The first-order valence-electron chi connectivity index (χ1n) is 4.42. The molecular weight excluding hydrogens is 251 g/mol. The summed E-state index contributed by atoms with van der Waals surface area (Å²) in [5.41, 5.74) is 3.13. The fraction of sp³-hybridized carbons (Fsp3) is 0.111. The normalized spacial score (nSPS) is 10.4. The molecule has 0 radical (unpaired) electrons. The zero-order valence-corrected chi connectivity index (χ0v) is 9.59. The molecule has 0 bridgehead atoms. The van der Waals surface area contributed by atoms with Gasteiger partial charge in [-0.2, -0.15) is 4.98 Å². The van der Waals surface area contributed by atoms with Crippen molar-refractivity contribution < 1.29 is 4.52 Å². The van der Waals surface area contributed by atoms with Gasteiger partial charge >= 0.3 is 6.01 Å². The SMILES string of the molecule is NNc1nc(Cc2ccc(Cl)cc2Cl)no1. The molecule has 84 valence electrons. The molecule has 3 N–H and O–H groups in total. The first-order chi connectivity index (χ1) is 7.69. The Hall–Kier alpha value is -1.30. The van der Waals surface area contributed by atoms with Crippen LogP contribution in [0, 0.1) is 0 Å². The van der Waals surface area contributed by atoms with Crippen molar-refractivity contribution in [3.63, 3.8) is 0 Å². The van der Waals surface area contributed by atoms with Gasteiger partial charge in [-0.05, 0) is 17.7 Å². The van der Waals surface area contributed by atoms with Crippen molar-refractivity contribution >= 4 is 29.2 Å². The number of halogens is 2. The molecule has 2 aromatic rings. The highest BCUT2D eigenvalue weighted by molar-refractivity contribution is 6.35. The van der Waals surface area contributed by atoms with Gasteiger partial charge in [-0.15, -0.1) is 0 Å². The molecule has 0 saturated carbocycles. The smallest absolute Gasteiger partial charge is 0.314 e. The van der Waals surface area contributed by atoms with Gasteiger partial charge in [-0.1, -0.05) is 34.4 Å².